The molecule has 1 aliphatic heterocycles. The molecule has 0 bridgehead atoms. The van der Waals surface area contributed by atoms with E-state index in [0.29, 0.717) is 44.4 Å². The van der Waals surface area contributed by atoms with Crippen molar-refractivity contribution in [2.75, 3.05) is 26.3 Å². The lowest BCUT2D eigenvalue weighted by Crippen LogP contribution is -2.27. The van der Waals surface area contributed by atoms with Gasteiger partial charge in [-0.2, -0.15) is 4.98 Å². The van der Waals surface area contributed by atoms with E-state index < -0.39 is 0 Å². The number of carbonyl (C=O) groups excluding carboxylic acids is 1. The first kappa shape index (κ1) is 21.9. The first-order valence-corrected chi connectivity index (χ1v) is 11.1. The third-order valence-corrected chi connectivity index (χ3v) is 5.68. The van der Waals surface area contributed by atoms with E-state index in [0.717, 1.165) is 34.6 Å². The van der Waals surface area contributed by atoms with Crippen molar-refractivity contribution in [3.63, 3.8) is 0 Å². The SMILES string of the molecule is CCOc1ccc(CCN2CC(c3noc(-c4ccccc4C)n3)CC2=O)cc1OCC. The molecule has 2 aromatic carbocycles. The molecule has 2 heterocycles. The summed E-state index contributed by atoms with van der Waals surface area (Å²) in [6.45, 7) is 8.31. The van der Waals surface area contributed by atoms with Gasteiger partial charge in [0.1, 0.15) is 0 Å². The van der Waals surface area contributed by atoms with Crippen molar-refractivity contribution in [1.82, 2.24) is 15.0 Å². The molecule has 0 spiro atoms. The van der Waals surface area contributed by atoms with Crippen molar-refractivity contribution in [3.05, 3.63) is 59.4 Å². The Bertz CT molecular complexity index is 1080. The third kappa shape index (κ3) is 4.77. The minimum atomic E-state index is -0.0525. The van der Waals surface area contributed by atoms with Gasteiger partial charge in [0.25, 0.3) is 5.89 Å². The van der Waals surface area contributed by atoms with Crippen LogP contribution >= 0.6 is 0 Å². The smallest absolute Gasteiger partial charge is 0.258 e. The van der Waals surface area contributed by atoms with Crippen molar-refractivity contribution >= 4 is 5.91 Å². The van der Waals surface area contributed by atoms with E-state index in [1.165, 1.54) is 0 Å². The Kier molecular flexibility index (Phi) is 6.73. The lowest BCUT2D eigenvalue weighted by Gasteiger charge is -2.17. The Morgan fingerprint density at radius 2 is 1.88 bits per heavy atom. The van der Waals surface area contributed by atoms with Crippen LogP contribution in [0.4, 0.5) is 0 Å². The third-order valence-electron chi connectivity index (χ3n) is 5.68. The Hall–Kier alpha value is -3.35. The molecule has 1 saturated heterocycles. The number of rotatable bonds is 9. The van der Waals surface area contributed by atoms with Gasteiger partial charge in [0, 0.05) is 31.0 Å². The lowest BCUT2D eigenvalue weighted by molar-refractivity contribution is -0.127. The molecule has 7 nitrogen and oxygen atoms in total. The highest BCUT2D eigenvalue weighted by Gasteiger charge is 2.33. The van der Waals surface area contributed by atoms with E-state index in [-0.39, 0.29) is 11.8 Å². The average Bonchev–Trinajstić information content (AvgIpc) is 3.41. The molecule has 1 aromatic heterocycles. The molecule has 7 heteroatoms. The molecule has 3 aromatic rings. The van der Waals surface area contributed by atoms with Gasteiger partial charge in [-0.15, -0.1) is 0 Å². The fourth-order valence-electron chi connectivity index (χ4n) is 4.00. The molecule has 0 radical (unpaired) electrons. The van der Waals surface area contributed by atoms with Crippen molar-refractivity contribution < 1.29 is 18.8 Å². The molecule has 1 fully saturated rings. The standard InChI is InChI=1S/C25H29N3O4/c1-4-30-21-11-10-18(14-22(21)31-5-2)12-13-28-16-19(15-23(28)29)24-26-25(32-27-24)20-9-7-6-8-17(20)3/h6-11,14,19H,4-5,12-13,15-16H2,1-3H3. The number of ether oxygens (including phenoxy) is 2. The highest BCUT2D eigenvalue weighted by Crippen LogP contribution is 2.31. The number of amides is 1. The van der Waals surface area contributed by atoms with Crippen LogP contribution in [0.2, 0.25) is 0 Å². The lowest BCUT2D eigenvalue weighted by atomic mass is 10.1. The second-order valence-corrected chi connectivity index (χ2v) is 7.91. The summed E-state index contributed by atoms with van der Waals surface area (Å²) in [6.07, 6.45) is 1.14. The van der Waals surface area contributed by atoms with Gasteiger partial charge in [-0.3, -0.25) is 4.79 Å². The van der Waals surface area contributed by atoms with E-state index in [2.05, 4.69) is 10.1 Å². The first-order chi connectivity index (χ1) is 15.6. The van der Waals surface area contributed by atoms with Crippen LogP contribution in [0.5, 0.6) is 11.5 Å². The maximum atomic E-state index is 12.6. The van der Waals surface area contributed by atoms with Gasteiger partial charge in [-0.25, -0.2) is 0 Å². The Morgan fingerprint density at radius 3 is 2.66 bits per heavy atom. The molecule has 1 aliphatic rings. The van der Waals surface area contributed by atoms with Gasteiger partial charge in [-0.05, 0) is 56.5 Å². The van der Waals surface area contributed by atoms with Crippen LogP contribution in [0.3, 0.4) is 0 Å². The number of nitrogens with zero attached hydrogens (tertiary/aromatic N) is 3. The van der Waals surface area contributed by atoms with Crippen molar-refractivity contribution in [2.24, 2.45) is 0 Å². The fourth-order valence-corrected chi connectivity index (χ4v) is 4.00. The summed E-state index contributed by atoms with van der Waals surface area (Å²) in [5.41, 5.74) is 3.11. The number of likely N-dealkylation sites (tertiary alicyclic amines) is 1. The van der Waals surface area contributed by atoms with Gasteiger partial charge < -0.3 is 18.9 Å². The van der Waals surface area contributed by atoms with Crippen LogP contribution in [0.15, 0.2) is 47.0 Å². The molecular formula is C25H29N3O4. The molecule has 32 heavy (non-hydrogen) atoms. The monoisotopic (exact) mass is 435 g/mol. The molecule has 1 amide bonds. The van der Waals surface area contributed by atoms with E-state index in [1.54, 1.807) is 0 Å². The highest BCUT2D eigenvalue weighted by atomic mass is 16.5. The maximum absolute atomic E-state index is 12.6. The van der Waals surface area contributed by atoms with Crippen LogP contribution in [-0.4, -0.2) is 47.3 Å². The number of carbonyl (C=O) groups is 1. The summed E-state index contributed by atoms with van der Waals surface area (Å²) >= 11 is 0. The van der Waals surface area contributed by atoms with E-state index in [4.69, 9.17) is 14.0 Å². The van der Waals surface area contributed by atoms with Gasteiger partial charge >= 0.3 is 0 Å². The number of aromatic nitrogens is 2. The summed E-state index contributed by atoms with van der Waals surface area (Å²) in [7, 11) is 0. The predicted molar refractivity (Wildman–Crippen MR) is 121 cm³/mol. The fraction of sp³-hybridized carbons (Fsp3) is 0.400. The molecule has 1 atom stereocenters. The second-order valence-electron chi connectivity index (χ2n) is 7.91. The summed E-state index contributed by atoms with van der Waals surface area (Å²) in [5, 5.41) is 4.17. The minimum Gasteiger partial charge on any atom is -0.490 e. The zero-order valence-electron chi connectivity index (χ0n) is 18.8. The van der Waals surface area contributed by atoms with Gasteiger partial charge in [0.2, 0.25) is 5.91 Å². The quantitative estimate of drug-likeness (QED) is 0.496. The van der Waals surface area contributed by atoms with E-state index in [1.807, 2.05) is 68.1 Å². The van der Waals surface area contributed by atoms with Crippen LogP contribution in [0.1, 0.15) is 43.1 Å². The first-order valence-electron chi connectivity index (χ1n) is 11.1. The van der Waals surface area contributed by atoms with Gasteiger partial charge in [0.15, 0.2) is 17.3 Å². The Balaban J connectivity index is 1.40. The maximum Gasteiger partial charge on any atom is 0.258 e. The number of hydrogen-bond acceptors (Lipinski definition) is 6. The van der Waals surface area contributed by atoms with Crippen LogP contribution in [0, 0.1) is 6.92 Å². The minimum absolute atomic E-state index is 0.0525. The predicted octanol–water partition coefficient (Wildman–Crippen LogP) is 4.40. The van der Waals surface area contributed by atoms with Gasteiger partial charge in [-0.1, -0.05) is 29.4 Å². The normalized spacial score (nSPS) is 15.9. The second kappa shape index (κ2) is 9.85. The van der Waals surface area contributed by atoms with E-state index in [9.17, 15) is 4.79 Å². The molecule has 1 unspecified atom stereocenters. The van der Waals surface area contributed by atoms with Gasteiger partial charge in [0.05, 0.1) is 13.2 Å². The zero-order chi connectivity index (χ0) is 22.5. The van der Waals surface area contributed by atoms with E-state index >= 15 is 0 Å². The molecule has 0 aliphatic carbocycles. The molecule has 0 N–H and O–H groups in total. The number of aryl methyl sites for hydroxylation is 1. The average molecular weight is 436 g/mol. The van der Waals surface area contributed by atoms with Crippen molar-refractivity contribution in [2.45, 2.75) is 39.5 Å². The zero-order valence-corrected chi connectivity index (χ0v) is 18.8. The van der Waals surface area contributed by atoms with Crippen LogP contribution < -0.4 is 9.47 Å². The molecule has 4 rings (SSSR count). The summed E-state index contributed by atoms with van der Waals surface area (Å²) in [4.78, 5) is 19.1. The summed E-state index contributed by atoms with van der Waals surface area (Å²) in [6, 6.07) is 13.9. The van der Waals surface area contributed by atoms with Crippen LogP contribution in [0.25, 0.3) is 11.5 Å². The summed E-state index contributed by atoms with van der Waals surface area (Å²) < 4.78 is 16.8. The highest BCUT2D eigenvalue weighted by molar-refractivity contribution is 5.79. The Morgan fingerprint density at radius 1 is 1.09 bits per heavy atom. The topological polar surface area (TPSA) is 77.7 Å². The van der Waals surface area contributed by atoms with Crippen LogP contribution in [-0.2, 0) is 11.2 Å². The number of benzene rings is 2. The largest absolute Gasteiger partial charge is 0.490 e. The Labute approximate surface area is 188 Å². The van der Waals surface area contributed by atoms with Crippen molar-refractivity contribution in [1.29, 1.82) is 0 Å². The molecule has 0 saturated carbocycles. The van der Waals surface area contributed by atoms with Crippen molar-refractivity contribution in [3.8, 4) is 23.0 Å². The molecular weight excluding hydrogens is 406 g/mol. The summed E-state index contributed by atoms with van der Waals surface area (Å²) in [5.74, 6) is 2.65. The molecule has 168 valence electrons. The number of hydrogen-bond donors (Lipinski definition) is 0.